The Morgan fingerprint density at radius 1 is 0.885 bits per heavy atom. The largest absolute Gasteiger partial charge is 0.506 e. The van der Waals surface area contributed by atoms with E-state index in [1.807, 2.05) is 30.3 Å². The third kappa shape index (κ3) is 3.09. The predicted octanol–water partition coefficient (Wildman–Crippen LogP) is 5.50. The lowest BCUT2D eigenvalue weighted by Gasteiger charge is -2.30. The number of hydrogen-bond donors (Lipinski definition) is 1. The van der Waals surface area contributed by atoms with Crippen molar-refractivity contribution in [1.29, 1.82) is 0 Å². The van der Waals surface area contributed by atoms with Crippen LogP contribution in [0.2, 0.25) is 0 Å². The summed E-state index contributed by atoms with van der Waals surface area (Å²) < 4.78 is 0. The molecule has 0 bridgehead atoms. The number of fused-ring (bicyclic) bond motifs is 1. The Bertz CT molecular complexity index is 905. The highest BCUT2D eigenvalue weighted by Crippen LogP contribution is 2.40. The van der Waals surface area contributed by atoms with Gasteiger partial charge in [-0.1, -0.05) is 59.7 Å². The van der Waals surface area contributed by atoms with Crippen LogP contribution >= 0.6 is 0 Å². The molecule has 4 nitrogen and oxygen atoms in total. The average Bonchev–Trinajstić information content (AvgIpc) is 3.04. The summed E-state index contributed by atoms with van der Waals surface area (Å²) in [6, 6.07) is 11.9. The van der Waals surface area contributed by atoms with Crippen LogP contribution in [-0.2, 0) is 10.8 Å². The van der Waals surface area contributed by atoms with Crippen molar-refractivity contribution in [3.8, 4) is 11.4 Å². The van der Waals surface area contributed by atoms with Crippen molar-refractivity contribution in [2.45, 2.75) is 65.2 Å². The molecule has 0 fully saturated rings. The Morgan fingerprint density at radius 3 is 1.92 bits per heavy atom. The molecule has 0 aliphatic rings. The summed E-state index contributed by atoms with van der Waals surface area (Å²) in [6.45, 7) is 13.2. The van der Waals surface area contributed by atoms with Crippen molar-refractivity contribution in [2.75, 3.05) is 0 Å². The van der Waals surface area contributed by atoms with E-state index in [4.69, 9.17) is 0 Å². The zero-order chi connectivity index (χ0) is 19.1. The van der Waals surface area contributed by atoms with Gasteiger partial charge in [-0.3, -0.25) is 0 Å². The fraction of sp³-hybridized carbons (Fsp3) is 0.455. The fourth-order valence-corrected chi connectivity index (χ4v) is 3.09. The minimum atomic E-state index is -0.105. The van der Waals surface area contributed by atoms with Gasteiger partial charge >= 0.3 is 0 Å². The van der Waals surface area contributed by atoms with Gasteiger partial charge in [0, 0.05) is 0 Å². The number of phenols is 1. The molecule has 0 atom stereocenters. The van der Waals surface area contributed by atoms with Gasteiger partial charge in [-0.15, -0.1) is 15.0 Å². The van der Waals surface area contributed by atoms with Crippen molar-refractivity contribution in [3.05, 3.63) is 47.5 Å². The summed E-state index contributed by atoms with van der Waals surface area (Å²) in [5, 5.41) is 20.2. The number of nitrogens with zero attached hydrogens (tertiary/aromatic N) is 3. The first-order valence-corrected chi connectivity index (χ1v) is 9.40. The molecule has 26 heavy (non-hydrogen) atoms. The summed E-state index contributed by atoms with van der Waals surface area (Å²) in [5.74, 6) is 0.237. The molecule has 1 heterocycles. The normalized spacial score (nSPS) is 12.7. The van der Waals surface area contributed by atoms with E-state index in [2.05, 4.69) is 57.8 Å². The predicted molar refractivity (Wildman–Crippen MR) is 107 cm³/mol. The molecule has 0 saturated heterocycles. The molecule has 138 valence electrons. The standard InChI is InChI=1S/C22H29N3O/c1-7-21(3,4)15-13-16(22(5,6)8-2)20(19(26)14-15)25-23-17-11-9-10-12-18(17)24-25/h9-14,26H,7-8H2,1-6H3. The number of rotatable bonds is 5. The maximum Gasteiger partial charge on any atom is 0.143 e. The number of benzene rings is 2. The molecule has 0 aliphatic carbocycles. The lowest BCUT2D eigenvalue weighted by Crippen LogP contribution is -2.23. The monoisotopic (exact) mass is 351 g/mol. The van der Waals surface area contributed by atoms with Crippen molar-refractivity contribution < 1.29 is 5.11 Å². The van der Waals surface area contributed by atoms with Crippen LogP contribution in [0, 0.1) is 0 Å². The molecule has 2 aromatic carbocycles. The Hall–Kier alpha value is -2.36. The highest BCUT2D eigenvalue weighted by Gasteiger charge is 2.29. The summed E-state index contributed by atoms with van der Waals surface area (Å²) in [5.41, 5.74) is 4.45. The lowest BCUT2D eigenvalue weighted by atomic mass is 9.75. The van der Waals surface area contributed by atoms with Crippen LogP contribution in [0.15, 0.2) is 36.4 Å². The van der Waals surface area contributed by atoms with E-state index in [1.54, 1.807) is 4.80 Å². The maximum atomic E-state index is 11.0. The molecule has 0 spiro atoms. The van der Waals surface area contributed by atoms with Gasteiger partial charge in [0.1, 0.15) is 22.5 Å². The first-order chi connectivity index (χ1) is 12.2. The summed E-state index contributed by atoms with van der Waals surface area (Å²) in [7, 11) is 0. The van der Waals surface area contributed by atoms with Crippen LogP contribution in [0.1, 0.15) is 65.5 Å². The van der Waals surface area contributed by atoms with Crippen LogP contribution in [0.25, 0.3) is 16.7 Å². The molecule has 0 saturated carbocycles. The van der Waals surface area contributed by atoms with Crippen molar-refractivity contribution >= 4 is 11.0 Å². The van der Waals surface area contributed by atoms with Gasteiger partial charge in [0.05, 0.1) is 0 Å². The third-order valence-electron chi connectivity index (χ3n) is 5.85. The van der Waals surface area contributed by atoms with E-state index in [9.17, 15) is 5.11 Å². The fourth-order valence-electron chi connectivity index (χ4n) is 3.09. The van der Waals surface area contributed by atoms with Crippen LogP contribution in [-0.4, -0.2) is 20.1 Å². The first kappa shape index (κ1) is 18.4. The van der Waals surface area contributed by atoms with Gasteiger partial charge in [0.25, 0.3) is 0 Å². The van der Waals surface area contributed by atoms with E-state index in [0.717, 1.165) is 35.0 Å². The Labute approximate surface area is 155 Å². The molecule has 4 heteroatoms. The van der Waals surface area contributed by atoms with Crippen LogP contribution in [0.4, 0.5) is 0 Å². The minimum absolute atomic E-state index is 0.00314. The zero-order valence-corrected chi connectivity index (χ0v) is 16.7. The van der Waals surface area contributed by atoms with Crippen LogP contribution in [0.3, 0.4) is 0 Å². The van der Waals surface area contributed by atoms with Crippen LogP contribution < -0.4 is 0 Å². The Kier molecular flexibility index (Phi) is 4.55. The molecular weight excluding hydrogens is 322 g/mol. The second kappa shape index (κ2) is 6.42. The Morgan fingerprint density at radius 2 is 1.42 bits per heavy atom. The van der Waals surface area contributed by atoms with E-state index < -0.39 is 0 Å². The molecule has 0 aliphatic heterocycles. The first-order valence-electron chi connectivity index (χ1n) is 9.40. The second-order valence-corrected chi connectivity index (χ2v) is 8.34. The second-order valence-electron chi connectivity index (χ2n) is 8.34. The van der Waals surface area contributed by atoms with E-state index in [0.29, 0.717) is 5.69 Å². The van der Waals surface area contributed by atoms with Crippen molar-refractivity contribution in [1.82, 2.24) is 15.0 Å². The number of phenolic OH excluding ortho intramolecular Hbond substituents is 1. The smallest absolute Gasteiger partial charge is 0.143 e. The maximum absolute atomic E-state index is 11.0. The average molecular weight is 351 g/mol. The SMILES string of the molecule is CCC(C)(C)c1cc(O)c(-n2nc3ccccc3n2)c(C(C)(C)CC)c1. The third-order valence-corrected chi connectivity index (χ3v) is 5.85. The summed E-state index contributed by atoms with van der Waals surface area (Å²) in [4.78, 5) is 1.59. The molecule has 3 aromatic rings. The Balaban J connectivity index is 2.30. The van der Waals surface area contributed by atoms with Gasteiger partial charge in [-0.05, 0) is 53.0 Å². The van der Waals surface area contributed by atoms with Gasteiger partial charge in [-0.2, -0.15) is 0 Å². The minimum Gasteiger partial charge on any atom is -0.506 e. The van der Waals surface area contributed by atoms with Gasteiger partial charge in [0.2, 0.25) is 0 Å². The van der Waals surface area contributed by atoms with E-state index in [-0.39, 0.29) is 16.6 Å². The van der Waals surface area contributed by atoms with Crippen molar-refractivity contribution in [3.63, 3.8) is 0 Å². The zero-order valence-electron chi connectivity index (χ0n) is 16.7. The van der Waals surface area contributed by atoms with Gasteiger partial charge < -0.3 is 5.11 Å². The highest BCUT2D eigenvalue weighted by atomic mass is 16.3. The van der Waals surface area contributed by atoms with Crippen LogP contribution in [0.5, 0.6) is 5.75 Å². The van der Waals surface area contributed by atoms with Gasteiger partial charge in [0.15, 0.2) is 0 Å². The quantitative estimate of drug-likeness (QED) is 0.660. The number of hydrogen-bond acceptors (Lipinski definition) is 3. The van der Waals surface area contributed by atoms with Crippen molar-refractivity contribution in [2.24, 2.45) is 0 Å². The topological polar surface area (TPSA) is 50.9 Å². The molecular formula is C22H29N3O. The molecule has 1 N–H and O–H groups in total. The molecule has 1 aromatic heterocycles. The molecule has 0 amide bonds. The highest BCUT2D eigenvalue weighted by molar-refractivity contribution is 5.74. The number of aromatic nitrogens is 3. The summed E-state index contributed by atoms with van der Waals surface area (Å²) in [6.07, 6.45) is 1.96. The lowest BCUT2D eigenvalue weighted by molar-refractivity contribution is 0.443. The van der Waals surface area contributed by atoms with Gasteiger partial charge in [-0.25, -0.2) is 0 Å². The van der Waals surface area contributed by atoms with E-state index in [1.165, 1.54) is 0 Å². The molecule has 0 unspecified atom stereocenters. The van der Waals surface area contributed by atoms with E-state index >= 15 is 0 Å². The molecule has 3 rings (SSSR count). The molecule has 0 radical (unpaired) electrons. The summed E-state index contributed by atoms with van der Waals surface area (Å²) >= 11 is 0. The number of aromatic hydroxyl groups is 1.